The number of nitrogens with zero attached hydrogens (tertiary/aromatic N) is 4. The average Bonchev–Trinajstić information content (AvgIpc) is 3.34. The van der Waals surface area contributed by atoms with Gasteiger partial charge in [0.2, 0.25) is 0 Å². The highest BCUT2D eigenvalue weighted by molar-refractivity contribution is 7.92. The van der Waals surface area contributed by atoms with E-state index < -0.39 is 22.0 Å². The number of ether oxygens (including phenoxy) is 1. The number of hydrogen-bond acceptors (Lipinski definition) is 9. The zero-order chi connectivity index (χ0) is 28.2. The molecule has 0 bridgehead atoms. The van der Waals surface area contributed by atoms with E-state index in [-0.39, 0.29) is 22.6 Å². The number of fused-ring (bicyclic) bond motifs is 1. The number of carboxylic acid groups (broad SMARTS) is 1. The van der Waals surface area contributed by atoms with Gasteiger partial charge in [0.05, 0.1) is 24.5 Å². The number of nitrogens with one attached hydrogen (secondary N) is 3. The minimum Gasteiger partial charge on any atom is -0.497 e. The largest absolute Gasteiger partial charge is 0.497 e. The lowest BCUT2D eigenvalue weighted by atomic mass is 10.0. The van der Waals surface area contributed by atoms with Crippen LogP contribution in [0.4, 0.5) is 17.3 Å². The van der Waals surface area contributed by atoms with Gasteiger partial charge in [-0.05, 0) is 36.1 Å². The van der Waals surface area contributed by atoms with Crippen molar-refractivity contribution in [3.63, 3.8) is 0 Å². The fraction of sp³-hybridized carbons (Fsp3) is 0.308. The number of rotatable bonds is 12. The summed E-state index contributed by atoms with van der Waals surface area (Å²) in [4.78, 5) is 24.7. The Morgan fingerprint density at radius 3 is 2.38 bits per heavy atom. The fourth-order valence-corrected chi connectivity index (χ4v) is 4.97. The number of aliphatic carboxylic acids is 1. The molecule has 0 aliphatic heterocycles. The molecule has 0 aliphatic carbocycles. The lowest BCUT2D eigenvalue weighted by molar-refractivity contribution is -0.140. The number of sulfonamides is 1. The summed E-state index contributed by atoms with van der Waals surface area (Å²) < 4.78 is 35.6. The van der Waals surface area contributed by atoms with Gasteiger partial charge in [-0.15, -0.1) is 0 Å². The number of para-hydroxylation sites is 2. The Morgan fingerprint density at radius 2 is 1.79 bits per heavy atom. The first-order chi connectivity index (χ1) is 18.6. The maximum atomic E-state index is 13.1. The van der Waals surface area contributed by atoms with Gasteiger partial charge in [0.25, 0.3) is 10.0 Å². The molecule has 0 aliphatic rings. The van der Waals surface area contributed by atoms with Crippen molar-refractivity contribution < 1.29 is 23.1 Å². The molecule has 0 saturated heterocycles. The lowest BCUT2D eigenvalue weighted by Gasteiger charge is -2.19. The van der Waals surface area contributed by atoms with Crippen molar-refractivity contribution in [3.05, 3.63) is 60.6 Å². The molecule has 4 rings (SSSR count). The van der Waals surface area contributed by atoms with Crippen LogP contribution in [0.5, 0.6) is 5.75 Å². The number of aromatic nitrogens is 4. The molecule has 0 radical (unpaired) electrons. The van der Waals surface area contributed by atoms with Gasteiger partial charge in [-0.2, -0.15) is 8.42 Å². The molecule has 2 aromatic carbocycles. The second-order valence-electron chi connectivity index (χ2n) is 9.30. The van der Waals surface area contributed by atoms with Crippen LogP contribution in [-0.4, -0.2) is 58.7 Å². The smallest absolute Gasteiger partial charge is 0.320 e. The normalized spacial score (nSPS) is 12.4. The van der Waals surface area contributed by atoms with Gasteiger partial charge in [0, 0.05) is 31.5 Å². The fourth-order valence-electron chi connectivity index (χ4n) is 3.98. The molecule has 4 N–H and O–H groups in total. The summed E-state index contributed by atoms with van der Waals surface area (Å²) in [6, 6.07) is 11.9. The molecule has 4 aromatic rings. The molecule has 2 heterocycles. The molecule has 13 heteroatoms. The molecule has 206 valence electrons. The Labute approximate surface area is 226 Å². The van der Waals surface area contributed by atoms with E-state index in [9.17, 15) is 18.3 Å². The summed E-state index contributed by atoms with van der Waals surface area (Å²) in [6.45, 7) is 4.09. The number of aryl methyl sites for hydroxylation is 1. The first-order valence-corrected chi connectivity index (χ1v) is 13.7. The molecular formula is C26H31N7O5S. The number of anilines is 3. The van der Waals surface area contributed by atoms with E-state index in [1.807, 2.05) is 26.0 Å². The average molecular weight is 554 g/mol. The van der Waals surface area contributed by atoms with Gasteiger partial charge < -0.3 is 25.0 Å². The quantitative estimate of drug-likeness (QED) is 0.205. The van der Waals surface area contributed by atoms with E-state index in [1.54, 1.807) is 44.5 Å². The molecular weight excluding hydrogens is 522 g/mol. The van der Waals surface area contributed by atoms with Gasteiger partial charge in [-0.25, -0.2) is 15.0 Å². The van der Waals surface area contributed by atoms with Crippen molar-refractivity contribution >= 4 is 44.3 Å². The zero-order valence-corrected chi connectivity index (χ0v) is 22.9. The van der Waals surface area contributed by atoms with Crippen molar-refractivity contribution in [2.45, 2.75) is 31.3 Å². The van der Waals surface area contributed by atoms with Crippen LogP contribution in [0.15, 0.2) is 60.0 Å². The Morgan fingerprint density at radius 1 is 1.10 bits per heavy atom. The van der Waals surface area contributed by atoms with Crippen LogP contribution in [0, 0.1) is 5.92 Å². The van der Waals surface area contributed by atoms with E-state index in [2.05, 4.69) is 30.3 Å². The predicted molar refractivity (Wildman–Crippen MR) is 148 cm³/mol. The molecule has 0 unspecified atom stereocenters. The van der Waals surface area contributed by atoms with Crippen LogP contribution in [0.1, 0.15) is 19.4 Å². The van der Waals surface area contributed by atoms with E-state index in [4.69, 9.17) is 4.74 Å². The highest BCUT2D eigenvalue weighted by atomic mass is 32.2. The molecule has 2 aromatic heterocycles. The number of carboxylic acids is 1. The predicted octanol–water partition coefficient (Wildman–Crippen LogP) is 3.16. The summed E-state index contributed by atoms with van der Waals surface area (Å²) in [6.07, 6.45) is 3.27. The van der Waals surface area contributed by atoms with Crippen molar-refractivity contribution in [2.75, 3.05) is 23.7 Å². The molecule has 1 atom stereocenters. The van der Waals surface area contributed by atoms with Crippen LogP contribution in [0.25, 0.3) is 11.0 Å². The van der Waals surface area contributed by atoms with Crippen LogP contribution in [0.3, 0.4) is 0 Å². The van der Waals surface area contributed by atoms with Crippen molar-refractivity contribution in [1.82, 2.24) is 24.8 Å². The zero-order valence-electron chi connectivity index (χ0n) is 22.0. The van der Waals surface area contributed by atoms with Gasteiger partial charge in [-0.3, -0.25) is 9.52 Å². The van der Waals surface area contributed by atoms with Gasteiger partial charge >= 0.3 is 5.97 Å². The molecule has 0 saturated carbocycles. The summed E-state index contributed by atoms with van der Waals surface area (Å²) in [5.74, 6) is -0.240. The molecule has 0 amide bonds. The number of benzene rings is 2. The maximum Gasteiger partial charge on any atom is 0.320 e. The van der Waals surface area contributed by atoms with Crippen LogP contribution in [-0.2, 0) is 28.3 Å². The van der Waals surface area contributed by atoms with Crippen molar-refractivity contribution in [3.8, 4) is 5.75 Å². The Hall–Kier alpha value is -4.23. The van der Waals surface area contributed by atoms with E-state index in [1.165, 1.54) is 17.1 Å². The summed E-state index contributed by atoms with van der Waals surface area (Å²) in [7, 11) is -0.835. The SMILES string of the molecule is COc1ccc(CCN[C@H](C(=O)O)C(C)C)c(Nc2nc3ccccc3nc2NS(=O)(=O)c2cn(C)cn2)c1. The van der Waals surface area contributed by atoms with Crippen LogP contribution in [0.2, 0.25) is 0 Å². The Kier molecular flexibility index (Phi) is 8.31. The number of imidazole rings is 1. The van der Waals surface area contributed by atoms with Gasteiger partial charge in [-0.1, -0.05) is 32.0 Å². The second kappa shape index (κ2) is 11.7. The molecule has 0 spiro atoms. The lowest BCUT2D eigenvalue weighted by Crippen LogP contribution is -2.41. The van der Waals surface area contributed by atoms with Gasteiger partial charge in [0.15, 0.2) is 16.7 Å². The molecule has 12 nitrogen and oxygen atoms in total. The minimum atomic E-state index is -4.05. The highest BCUT2D eigenvalue weighted by Crippen LogP contribution is 2.30. The number of methoxy groups -OCH3 is 1. The highest BCUT2D eigenvalue weighted by Gasteiger charge is 2.23. The van der Waals surface area contributed by atoms with E-state index in [0.717, 1.165) is 5.56 Å². The van der Waals surface area contributed by atoms with Crippen molar-refractivity contribution in [1.29, 1.82) is 0 Å². The standard InChI is InChI=1S/C26H31N7O5S/c1-16(2)23(26(34)35)27-12-11-17-9-10-18(38-4)13-21(17)31-24-25(30-20-8-6-5-7-19(20)29-24)32-39(36,37)22-14-33(3)15-28-22/h5-10,13-16,23,27H,11-12H2,1-4H3,(H,29,31)(H,30,32)(H,34,35)/t23-/m0/s1. The Bertz CT molecular complexity index is 1590. The third-order valence-corrected chi connectivity index (χ3v) is 7.24. The maximum absolute atomic E-state index is 13.1. The number of carbonyl (C=O) groups is 1. The van der Waals surface area contributed by atoms with Gasteiger partial charge in [0.1, 0.15) is 11.8 Å². The van der Waals surface area contributed by atoms with Crippen molar-refractivity contribution in [2.24, 2.45) is 13.0 Å². The third-order valence-electron chi connectivity index (χ3n) is 6.02. The number of hydrogen-bond donors (Lipinski definition) is 4. The first kappa shape index (κ1) is 27.8. The first-order valence-electron chi connectivity index (χ1n) is 12.2. The van der Waals surface area contributed by atoms with Crippen LogP contribution < -0.4 is 20.1 Å². The monoisotopic (exact) mass is 553 g/mol. The second-order valence-corrected chi connectivity index (χ2v) is 10.9. The minimum absolute atomic E-state index is 0.00278. The van der Waals surface area contributed by atoms with E-state index >= 15 is 0 Å². The third kappa shape index (κ3) is 6.62. The molecule has 0 fully saturated rings. The topological polar surface area (TPSA) is 160 Å². The summed E-state index contributed by atoms with van der Waals surface area (Å²) >= 11 is 0. The Balaban J connectivity index is 1.69. The summed E-state index contributed by atoms with van der Waals surface area (Å²) in [5.41, 5.74) is 2.51. The summed E-state index contributed by atoms with van der Waals surface area (Å²) in [5, 5.41) is 15.6. The van der Waals surface area contributed by atoms with E-state index in [0.29, 0.717) is 35.4 Å². The van der Waals surface area contributed by atoms with Crippen LogP contribution >= 0.6 is 0 Å². The molecule has 39 heavy (non-hydrogen) atoms.